The molecule has 80 valence electrons. The zero-order valence-electron chi connectivity index (χ0n) is 8.37. The highest BCUT2D eigenvalue weighted by Gasteiger charge is 2.24. The second kappa shape index (κ2) is 5.05. The molecular weight excluding hydrogens is 188 g/mol. The number of hydrogen-bond acceptors (Lipinski definition) is 2. The van der Waals surface area contributed by atoms with Crippen LogP contribution in [0.15, 0.2) is 12.4 Å². The summed E-state index contributed by atoms with van der Waals surface area (Å²) in [5.41, 5.74) is 0. The molecule has 1 heterocycles. The van der Waals surface area contributed by atoms with Crippen LogP contribution in [0, 0.1) is 0 Å². The molecular formula is C9H15F2N3. The van der Waals surface area contributed by atoms with E-state index in [1.54, 1.807) is 17.0 Å². The van der Waals surface area contributed by atoms with Crippen molar-refractivity contribution in [2.45, 2.75) is 32.4 Å². The number of aryl methyl sites for hydroxylation is 1. The summed E-state index contributed by atoms with van der Waals surface area (Å²) in [6.07, 6.45) is 1.75. The van der Waals surface area contributed by atoms with Crippen LogP contribution in [0.4, 0.5) is 8.78 Å². The average Bonchev–Trinajstić information content (AvgIpc) is 2.55. The van der Waals surface area contributed by atoms with E-state index < -0.39 is 12.5 Å². The van der Waals surface area contributed by atoms with Crippen molar-refractivity contribution in [3.63, 3.8) is 0 Å². The lowest BCUT2D eigenvalue weighted by Gasteiger charge is -2.16. The molecule has 0 bridgehead atoms. The smallest absolute Gasteiger partial charge is 0.260 e. The molecule has 0 saturated carbocycles. The van der Waals surface area contributed by atoms with Gasteiger partial charge in [0.05, 0.1) is 0 Å². The van der Waals surface area contributed by atoms with E-state index in [1.807, 2.05) is 6.92 Å². The predicted octanol–water partition coefficient (Wildman–Crippen LogP) is 1.82. The van der Waals surface area contributed by atoms with Gasteiger partial charge in [-0.15, -0.1) is 0 Å². The third-order valence-corrected chi connectivity index (χ3v) is 2.05. The SMILES string of the molecule is CCCn1ccnc1C(NC)C(F)F. The number of hydrogen-bond donors (Lipinski definition) is 1. The van der Waals surface area contributed by atoms with Crippen molar-refractivity contribution >= 4 is 0 Å². The number of imidazole rings is 1. The number of nitrogens with one attached hydrogen (secondary N) is 1. The van der Waals surface area contributed by atoms with Crippen LogP contribution in [0.5, 0.6) is 0 Å². The molecule has 5 heteroatoms. The molecule has 0 aliphatic carbocycles. The van der Waals surface area contributed by atoms with Crippen LogP contribution < -0.4 is 5.32 Å². The minimum atomic E-state index is -2.43. The third-order valence-electron chi connectivity index (χ3n) is 2.05. The first kappa shape index (κ1) is 11.1. The summed E-state index contributed by atoms with van der Waals surface area (Å²) < 4.78 is 26.9. The molecule has 1 rings (SSSR count). The van der Waals surface area contributed by atoms with E-state index in [4.69, 9.17) is 0 Å². The van der Waals surface area contributed by atoms with Crippen LogP contribution in [0.3, 0.4) is 0 Å². The summed E-state index contributed by atoms with van der Waals surface area (Å²) in [6, 6.07) is -0.975. The highest BCUT2D eigenvalue weighted by Crippen LogP contribution is 2.18. The Kier molecular flexibility index (Phi) is 4.00. The van der Waals surface area contributed by atoms with Crippen molar-refractivity contribution in [1.82, 2.24) is 14.9 Å². The molecule has 1 N–H and O–H groups in total. The van der Waals surface area contributed by atoms with Crippen LogP contribution in [0.2, 0.25) is 0 Å². The third kappa shape index (κ3) is 2.29. The van der Waals surface area contributed by atoms with Crippen molar-refractivity contribution in [2.75, 3.05) is 7.05 Å². The first-order valence-electron chi connectivity index (χ1n) is 4.67. The second-order valence-corrected chi connectivity index (χ2v) is 3.08. The van der Waals surface area contributed by atoms with E-state index in [9.17, 15) is 8.78 Å². The Morgan fingerprint density at radius 2 is 2.29 bits per heavy atom. The van der Waals surface area contributed by atoms with Crippen LogP contribution >= 0.6 is 0 Å². The molecule has 3 nitrogen and oxygen atoms in total. The van der Waals surface area contributed by atoms with Crippen LogP contribution in [0.1, 0.15) is 25.2 Å². The molecule has 1 aromatic heterocycles. The van der Waals surface area contributed by atoms with Gasteiger partial charge in [0.2, 0.25) is 0 Å². The number of alkyl halides is 2. The molecule has 0 amide bonds. The summed E-state index contributed by atoms with van der Waals surface area (Å²) in [5.74, 6) is 0.407. The van der Waals surface area contributed by atoms with Gasteiger partial charge < -0.3 is 9.88 Å². The first-order chi connectivity index (χ1) is 6.70. The lowest BCUT2D eigenvalue weighted by Crippen LogP contribution is -2.27. The topological polar surface area (TPSA) is 29.9 Å². The maximum absolute atomic E-state index is 12.6. The molecule has 0 fully saturated rings. The first-order valence-corrected chi connectivity index (χ1v) is 4.67. The van der Waals surface area contributed by atoms with Crippen LogP contribution in [-0.2, 0) is 6.54 Å². The molecule has 1 atom stereocenters. The molecule has 0 aliphatic rings. The fourth-order valence-corrected chi connectivity index (χ4v) is 1.40. The van der Waals surface area contributed by atoms with Crippen molar-refractivity contribution in [3.05, 3.63) is 18.2 Å². The van der Waals surface area contributed by atoms with Crippen molar-refractivity contribution < 1.29 is 8.78 Å². The van der Waals surface area contributed by atoms with Crippen molar-refractivity contribution in [1.29, 1.82) is 0 Å². The normalized spacial score (nSPS) is 13.5. The zero-order chi connectivity index (χ0) is 10.6. The Morgan fingerprint density at radius 3 is 2.79 bits per heavy atom. The van der Waals surface area contributed by atoms with Gasteiger partial charge in [0, 0.05) is 18.9 Å². The number of halogens is 2. The van der Waals surface area contributed by atoms with Crippen LogP contribution in [-0.4, -0.2) is 23.0 Å². The zero-order valence-corrected chi connectivity index (χ0v) is 8.37. The minimum absolute atomic E-state index is 0.407. The van der Waals surface area contributed by atoms with E-state index in [0.29, 0.717) is 5.82 Å². The molecule has 0 saturated heterocycles. The van der Waals surface area contributed by atoms with Crippen LogP contribution in [0.25, 0.3) is 0 Å². The molecule has 0 radical (unpaired) electrons. The van der Waals surface area contributed by atoms with E-state index in [1.165, 1.54) is 7.05 Å². The van der Waals surface area contributed by atoms with E-state index in [-0.39, 0.29) is 0 Å². The summed E-state index contributed by atoms with van der Waals surface area (Å²) in [4.78, 5) is 3.95. The Labute approximate surface area is 82.1 Å². The highest BCUT2D eigenvalue weighted by atomic mass is 19.3. The molecule has 1 aromatic rings. The standard InChI is InChI=1S/C9H15F2N3/c1-3-5-14-6-4-13-9(14)7(12-2)8(10)11/h4,6-8,12H,3,5H2,1-2H3. The highest BCUT2D eigenvalue weighted by molar-refractivity contribution is 5.00. The van der Waals surface area contributed by atoms with Gasteiger partial charge in [-0.05, 0) is 13.5 Å². The molecule has 14 heavy (non-hydrogen) atoms. The Morgan fingerprint density at radius 1 is 1.57 bits per heavy atom. The second-order valence-electron chi connectivity index (χ2n) is 3.08. The minimum Gasteiger partial charge on any atom is -0.333 e. The summed E-state index contributed by atoms with van der Waals surface area (Å²) in [5, 5.41) is 2.57. The fraction of sp³-hybridized carbons (Fsp3) is 0.667. The van der Waals surface area contributed by atoms with Gasteiger partial charge in [-0.2, -0.15) is 0 Å². The van der Waals surface area contributed by atoms with Gasteiger partial charge in [-0.25, -0.2) is 13.8 Å². The average molecular weight is 203 g/mol. The molecule has 0 aliphatic heterocycles. The summed E-state index contributed by atoms with van der Waals surface area (Å²) in [6.45, 7) is 2.72. The number of nitrogens with zero attached hydrogens (tertiary/aromatic N) is 2. The van der Waals surface area contributed by atoms with Gasteiger partial charge >= 0.3 is 0 Å². The van der Waals surface area contributed by atoms with Gasteiger partial charge in [0.25, 0.3) is 6.43 Å². The Bertz CT molecular complexity index is 273. The van der Waals surface area contributed by atoms with E-state index >= 15 is 0 Å². The van der Waals surface area contributed by atoms with Crippen molar-refractivity contribution in [3.8, 4) is 0 Å². The molecule has 0 aromatic carbocycles. The van der Waals surface area contributed by atoms with Gasteiger partial charge in [0.15, 0.2) is 0 Å². The van der Waals surface area contributed by atoms with E-state index in [0.717, 1.165) is 13.0 Å². The van der Waals surface area contributed by atoms with Gasteiger partial charge in [0.1, 0.15) is 11.9 Å². The maximum Gasteiger partial charge on any atom is 0.260 e. The fourth-order valence-electron chi connectivity index (χ4n) is 1.40. The Hall–Kier alpha value is -0.970. The largest absolute Gasteiger partial charge is 0.333 e. The number of rotatable bonds is 5. The quantitative estimate of drug-likeness (QED) is 0.791. The van der Waals surface area contributed by atoms with Gasteiger partial charge in [-0.1, -0.05) is 6.92 Å². The van der Waals surface area contributed by atoms with Crippen molar-refractivity contribution in [2.24, 2.45) is 0 Å². The summed E-state index contributed by atoms with van der Waals surface area (Å²) >= 11 is 0. The molecule has 0 spiro atoms. The van der Waals surface area contributed by atoms with E-state index in [2.05, 4.69) is 10.3 Å². The molecule has 1 unspecified atom stereocenters. The maximum atomic E-state index is 12.6. The lowest BCUT2D eigenvalue weighted by atomic mass is 10.3. The lowest BCUT2D eigenvalue weighted by molar-refractivity contribution is 0.0966. The number of aromatic nitrogens is 2. The van der Waals surface area contributed by atoms with Gasteiger partial charge in [-0.3, -0.25) is 0 Å². The monoisotopic (exact) mass is 203 g/mol. The Balaban J connectivity index is 2.86. The predicted molar refractivity (Wildman–Crippen MR) is 50.3 cm³/mol. The summed E-state index contributed by atoms with van der Waals surface area (Å²) in [7, 11) is 1.52.